The molecule has 0 amide bonds. The number of rotatable bonds is 5. The molecule has 32 heavy (non-hydrogen) atoms. The Bertz CT molecular complexity index is 1610. The van der Waals surface area contributed by atoms with Crippen LogP contribution in [0.15, 0.2) is 71.6 Å². The van der Waals surface area contributed by atoms with Crippen LogP contribution in [0.3, 0.4) is 0 Å². The van der Waals surface area contributed by atoms with Gasteiger partial charge in [-0.05, 0) is 30.3 Å². The molecule has 0 unspecified atom stereocenters. The summed E-state index contributed by atoms with van der Waals surface area (Å²) >= 11 is 0. The number of pyridine rings is 1. The van der Waals surface area contributed by atoms with Gasteiger partial charge in [0, 0.05) is 24.6 Å². The Morgan fingerprint density at radius 1 is 1.00 bits per heavy atom. The molecule has 160 valence electrons. The maximum absolute atomic E-state index is 13.0. The van der Waals surface area contributed by atoms with Crippen molar-refractivity contribution in [1.29, 1.82) is 0 Å². The first-order valence-electron chi connectivity index (χ1n) is 9.51. The molecule has 0 saturated carbocycles. The van der Waals surface area contributed by atoms with Crippen LogP contribution in [0.25, 0.3) is 33.3 Å². The number of aromatic amines is 2. The number of sulfonamides is 1. The first-order valence-corrected chi connectivity index (χ1v) is 11.0. The number of nitrogens with one attached hydrogen (secondary N) is 2. The van der Waals surface area contributed by atoms with Gasteiger partial charge in [0.05, 0.1) is 32.1 Å². The van der Waals surface area contributed by atoms with Gasteiger partial charge in [-0.25, -0.2) is 13.4 Å². The van der Waals surface area contributed by atoms with Crippen LogP contribution in [-0.2, 0) is 10.0 Å². The van der Waals surface area contributed by atoms with E-state index in [1.54, 1.807) is 18.2 Å². The van der Waals surface area contributed by atoms with Crippen LogP contribution >= 0.6 is 0 Å². The van der Waals surface area contributed by atoms with Crippen LogP contribution < -0.4 is 4.31 Å². The molecule has 0 bridgehead atoms. The van der Waals surface area contributed by atoms with Gasteiger partial charge in [-0.1, -0.05) is 24.3 Å². The molecule has 10 nitrogen and oxygen atoms in total. The van der Waals surface area contributed by atoms with E-state index in [2.05, 4.69) is 20.2 Å². The fourth-order valence-electron chi connectivity index (χ4n) is 3.51. The minimum atomic E-state index is -4.04. The molecule has 3 aromatic heterocycles. The lowest BCUT2D eigenvalue weighted by atomic mass is 10.2. The van der Waals surface area contributed by atoms with Gasteiger partial charge in [-0.2, -0.15) is 5.10 Å². The number of aromatic nitrogens is 4. The molecule has 0 aliphatic carbocycles. The standard InChI is InChI=1S/C21H16N6O4S/c1-26(32(30,31)14-6-4-5-13(11-14)27(28)29)20-10-9-17-18(23-20)12-19(22-17)21-15-7-2-3-8-16(15)24-25-21/h2-12,22H,1H3,(H,24,25). The number of nitro benzene ring substituents is 1. The highest BCUT2D eigenvalue weighted by Gasteiger charge is 2.24. The molecule has 0 atom stereocenters. The minimum Gasteiger partial charge on any atom is -0.352 e. The zero-order chi connectivity index (χ0) is 22.5. The van der Waals surface area contributed by atoms with Crippen LogP contribution in [0, 0.1) is 10.1 Å². The van der Waals surface area contributed by atoms with Gasteiger partial charge in [0.1, 0.15) is 11.5 Å². The van der Waals surface area contributed by atoms with E-state index in [0.29, 0.717) is 5.52 Å². The molecule has 11 heteroatoms. The van der Waals surface area contributed by atoms with Crippen LogP contribution in [0.2, 0.25) is 0 Å². The van der Waals surface area contributed by atoms with Gasteiger partial charge in [0.2, 0.25) is 0 Å². The molecular formula is C21H16N6O4S. The number of para-hydroxylation sites is 1. The monoisotopic (exact) mass is 448 g/mol. The van der Waals surface area contributed by atoms with Gasteiger partial charge in [-0.15, -0.1) is 0 Å². The second kappa shape index (κ2) is 7.17. The number of anilines is 1. The highest BCUT2D eigenvalue weighted by molar-refractivity contribution is 7.92. The number of nitro groups is 1. The van der Waals surface area contributed by atoms with Crippen LogP contribution in [0.5, 0.6) is 0 Å². The highest BCUT2D eigenvalue weighted by Crippen LogP contribution is 2.30. The van der Waals surface area contributed by atoms with E-state index in [-0.39, 0.29) is 16.4 Å². The fraction of sp³-hybridized carbons (Fsp3) is 0.0476. The average molecular weight is 448 g/mol. The van der Waals surface area contributed by atoms with Gasteiger partial charge in [0.25, 0.3) is 15.7 Å². The fourth-order valence-corrected chi connectivity index (χ4v) is 4.69. The first kappa shape index (κ1) is 19.7. The Hall–Kier alpha value is -4.25. The predicted molar refractivity (Wildman–Crippen MR) is 120 cm³/mol. The topological polar surface area (TPSA) is 138 Å². The van der Waals surface area contributed by atoms with Crippen molar-refractivity contribution in [2.45, 2.75) is 4.90 Å². The number of fused-ring (bicyclic) bond motifs is 2. The molecule has 0 radical (unpaired) electrons. The third kappa shape index (κ3) is 3.15. The second-order valence-electron chi connectivity index (χ2n) is 7.13. The second-order valence-corrected chi connectivity index (χ2v) is 9.10. The van der Waals surface area contributed by atoms with E-state index in [9.17, 15) is 18.5 Å². The Morgan fingerprint density at radius 3 is 2.62 bits per heavy atom. The average Bonchev–Trinajstić information content (AvgIpc) is 3.41. The van der Waals surface area contributed by atoms with Crippen LogP contribution in [0.1, 0.15) is 0 Å². The molecule has 3 heterocycles. The van der Waals surface area contributed by atoms with E-state index >= 15 is 0 Å². The summed E-state index contributed by atoms with van der Waals surface area (Å²) < 4.78 is 27.0. The third-order valence-corrected chi connectivity index (χ3v) is 6.95. The maximum Gasteiger partial charge on any atom is 0.270 e. The molecule has 2 N–H and O–H groups in total. The summed E-state index contributed by atoms with van der Waals surface area (Å²) in [5.74, 6) is 0.182. The van der Waals surface area contributed by atoms with E-state index in [0.717, 1.165) is 38.2 Å². The van der Waals surface area contributed by atoms with Gasteiger partial charge in [0.15, 0.2) is 0 Å². The predicted octanol–water partition coefficient (Wildman–Crippen LogP) is 3.84. The SMILES string of the molecule is CN(c1ccc2[nH]c(-c3n[nH]c4ccccc34)cc2n1)S(=O)(=O)c1cccc([N+](=O)[O-])c1. The lowest BCUT2D eigenvalue weighted by molar-refractivity contribution is -0.385. The van der Waals surface area contributed by atoms with Gasteiger partial charge in [-0.3, -0.25) is 19.5 Å². The molecule has 5 rings (SSSR count). The summed E-state index contributed by atoms with van der Waals surface area (Å²) in [6.07, 6.45) is 0. The summed E-state index contributed by atoms with van der Waals surface area (Å²) in [4.78, 5) is 17.9. The van der Waals surface area contributed by atoms with E-state index < -0.39 is 14.9 Å². The smallest absolute Gasteiger partial charge is 0.270 e. The zero-order valence-electron chi connectivity index (χ0n) is 16.7. The van der Waals surface area contributed by atoms with Crippen molar-refractivity contribution < 1.29 is 13.3 Å². The Kier molecular flexibility index (Phi) is 4.41. The summed E-state index contributed by atoms with van der Waals surface area (Å²) in [5.41, 5.74) is 3.36. The van der Waals surface area contributed by atoms with Crippen molar-refractivity contribution in [2.75, 3.05) is 11.4 Å². The van der Waals surface area contributed by atoms with Crippen molar-refractivity contribution in [1.82, 2.24) is 20.2 Å². The number of nitrogens with zero attached hydrogens (tertiary/aromatic N) is 4. The lowest BCUT2D eigenvalue weighted by Crippen LogP contribution is -2.27. The van der Waals surface area contributed by atoms with Crippen molar-refractivity contribution in [2.24, 2.45) is 0 Å². The maximum atomic E-state index is 13.0. The zero-order valence-corrected chi connectivity index (χ0v) is 17.5. The highest BCUT2D eigenvalue weighted by atomic mass is 32.2. The quantitative estimate of drug-likeness (QED) is 0.309. The van der Waals surface area contributed by atoms with E-state index in [4.69, 9.17) is 0 Å². The summed E-state index contributed by atoms with van der Waals surface area (Å²) in [7, 11) is -2.68. The molecule has 0 fully saturated rings. The van der Waals surface area contributed by atoms with Gasteiger partial charge < -0.3 is 4.98 Å². The number of benzene rings is 2. The molecule has 0 aliphatic heterocycles. The summed E-state index contributed by atoms with van der Waals surface area (Å²) in [5, 5.41) is 19.3. The van der Waals surface area contributed by atoms with Gasteiger partial charge >= 0.3 is 0 Å². The van der Waals surface area contributed by atoms with Crippen molar-refractivity contribution in [3.8, 4) is 11.4 Å². The minimum absolute atomic E-state index is 0.182. The largest absolute Gasteiger partial charge is 0.352 e. The molecule has 0 aliphatic rings. The number of hydrogen-bond donors (Lipinski definition) is 2. The molecule has 0 saturated heterocycles. The first-order chi connectivity index (χ1) is 15.3. The Morgan fingerprint density at radius 2 is 1.81 bits per heavy atom. The Balaban J connectivity index is 1.53. The van der Waals surface area contributed by atoms with Crippen molar-refractivity contribution in [3.05, 3.63) is 76.8 Å². The van der Waals surface area contributed by atoms with Crippen molar-refractivity contribution >= 4 is 43.5 Å². The van der Waals surface area contributed by atoms with Crippen LogP contribution in [0.4, 0.5) is 11.5 Å². The van der Waals surface area contributed by atoms with Crippen molar-refractivity contribution in [3.63, 3.8) is 0 Å². The third-order valence-electron chi connectivity index (χ3n) is 5.20. The van der Waals surface area contributed by atoms with E-state index in [1.807, 2.05) is 24.3 Å². The molecular weight excluding hydrogens is 432 g/mol. The Labute approximate surface area is 181 Å². The number of non-ortho nitro benzene ring substituents is 1. The molecule has 2 aromatic carbocycles. The summed E-state index contributed by atoms with van der Waals surface area (Å²) in [6.45, 7) is 0. The van der Waals surface area contributed by atoms with E-state index in [1.165, 1.54) is 25.2 Å². The number of hydrogen-bond acceptors (Lipinski definition) is 6. The molecule has 5 aromatic rings. The molecule has 0 spiro atoms. The lowest BCUT2D eigenvalue weighted by Gasteiger charge is -2.18. The normalized spacial score (nSPS) is 11.8. The number of H-pyrrole nitrogens is 2. The van der Waals surface area contributed by atoms with Crippen LogP contribution in [-0.4, -0.2) is 40.6 Å². The summed E-state index contributed by atoms with van der Waals surface area (Å²) in [6, 6.07) is 17.7.